The van der Waals surface area contributed by atoms with Crippen molar-refractivity contribution in [3.8, 4) is 5.75 Å². The fraction of sp³-hybridized carbons (Fsp3) is 0.200. The number of esters is 1. The number of alkyl halides is 2. The lowest BCUT2D eigenvalue weighted by molar-refractivity contribution is -0.143. The minimum Gasteiger partial charge on any atom is -0.497 e. The highest BCUT2D eigenvalue weighted by molar-refractivity contribution is 5.96. The number of hydrogen-bond acceptors (Lipinski definition) is 7. The molecule has 0 fully saturated rings. The highest BCUT2D eigenvalue weighted by atomic mass is 19.3. The smallest absolute Gasteiger partial charge is 0.349 e. The van der Waals surface area contributed by atoms with Crippen molar-refractivity contribution in [2.45, 2.75) is 12.0 Å². The highest BCUT2D eigenvalue weighted by Crippen LogP contribution is 2.35. The molecule has 30 heavy (non-hydrogen) atoms. The van der Waals surface area contributed by atoms with E-state index < -0.39 is 35.6 Å². The first kappa shape index (κ1) is 20.9. The molecule has 0 saturated heterocycles. The summed E-state index contributed by atoms with van der Waals surface area (Å²) in [5, 5.41) is 9.23. The third-order valence-corrected chi connectivity index (χ3v) is 4.16. The average Bonchev–Trinajstić information content (AvgIpc) is 3.28. The Kier molecular flexibility index (Phi) is 6.05. The minimum atomic E-state index is -3.59. The summed E-state index contributed by atoms with van der Waals surface area (Å²) in [6.45, 7) is 0. The van der Waals surface area contributed by atoms with E-state index in [1.807, 2.05) is 0 Å². The molecule has 0 aliphatic carbocycles. The Hall–Kier alpha value is -3.82. The number of amides is 1. The zero-order valence-corrected chi connectivity index (χ0v) is 16.0. The van der Waals surface area contributed by atoms with Gasteiger partial charge in [0.05, 0.1) is 14.2 Å². The van der Waals surface area contributed by atoms with E-state index in [-0.39, 0.29) is 11.1 Å². The fourth-order valence-corrected chi connectivity index (χ4v) is 2.55. The van der Waals surface area contributed by atoms with Crippen LogP contribution in [0.2, 0.25) is 0 Å². The molecule has 0 radical (unpaired) electrons. The first-order chi connectivity index (χ1) is 14.4. The van der Waals surface area contributed by atoms with Crippen LogP contribution in [-0.4, -0.2) is 36.3 Å². The van der Waals surface area contributed by atoms with Gasteiger partial charge in [-0.3, -0.25) is 4.79 Å². The Bertz CT molecular complexity index is 1020. The molecule has 0 aliphatic rings. The largest absolute Gasteiger partial charge is 0.497 e. The van der Waals surface area contributed by atoms with Crippen LogP contribution in [0.15, 0.2) is 59.0 Å². The van der Waals surface area contributed by atoms with Gasteiger partial charge in [-0.25, -0.2) is 4.79 Å². The van der Waals surface area contributed by atoms with Crippen LogP contribution < -0.4 is 10.1 Å². The first-order valence-corrected chi connectivity index (χ1v) is 8.66. The molecule has 3 aromatic rings. The molecule has 10 heteroatoms. The van der Waals surface area contributed by atoms with Crippen LogP contribution in [0, 0.1) is 0 Å². The van der Waals surface area contributed by atoms with Crippen LogP contribution in [0.3, 0.4) is 0 Å². The Labute approximate surface area is 169 Å². The van der Waals surface area contributed by atoms with Gasteiger partial charge >= 0.3 is 11.9 Å². The van der Waals surface area contributed by atoms with E-state index in [2.05, 4.69) is 20.3 Å². The Morgan fingerprint density at radius 1 is 1.03 bits per heavy atom. The number of rotatable bonds is 7. The number of hydrogen-bond donors (Lipinski definition) is 1. The molecule has 0 aliphatic heterocycles. The number of benzene rings is 2. The van der Waals surface area contributed by atoms with Gasteiger partial charge in [-0.2, -0.15) is 8.78 Å². The highest BCUT2D eigenvalue weighted by Gasteiger charge is 2.42. The second-order valence-corrected chi connectivity index (χ2v) is 6.04. The maximum atomic E-state index is 14.6. The van der Waals surface area contributed by atoms with E-state index >= 15 is 0 Å². The van der Waals surface area contributed by atoms with Crippen molar-refractivity contribution in [2.24, 2.45) is 0 Å². The number of ether oxygens (including phenoxy) is 2. The summed E-state index contributed by atoms with van der Waals surface area (Å²) < 4.78 is 44.0. The predicted octanol–water partition coefficient (Wildman–Crippen LogP) is 2.86. The lowest BCUT2D eigenvalue weighted by Crippen LogP contribution is -2.34. The number of nitrogens with one attached hydrogen (secondary N) is 1. The standard InChI is InChI=1S/C20H17F2N3O5/c1-28-14-10-8-12(9-11-14)16(26)23-15(18(27)29-2)17-24-25-19(30-17)20(21,22)13-6-4-3-5-7-13/h3-11,15H,1-2H3,(H,23,26)/t15-/m0/s1. The molecule has 1 aromatic heterocycles. The maximum absolute atomic E-state index is 14.6. The van der Waals surface area contributed by atoms with Gasteiger partial charge in [0.25, 0.3) is 17.7 Å². The molecule has 1 N–H and O–H groups in total. The van der Waals surface area contributed by atoms with Crippen molar-refractivity contribution in [3.63, 3.8) is 0 Å². The summed E-state index contributed by atoms with van der Waals surface area (Å²) in [4.78, 5) is 24.6. The minimum absolute atomic E-state index is 0.194. The fourth-order valence-electron chi connectivity index (χ4n) is 2.55. The van der Waals surface area contributed by atoms with Gasteiger partial charge in [0.15, 0.2) is 0 Å². The second kappa shape index (κ2) is 8.68. The Morgan fingerprint density at radius 3 is 2.30 bits per heavy atom. The quantitative estimate of drug-likeness (QED) is 0.590. The number of aromatic nitrogens is 2. The summed E-state index contributed by atoms with van der Waals surface area (Å²) in [5.74, 6) is -6.25. The molecule has 1 heterocycles. The third kappa shape index (κ3) is 4.27. The van der Waals surface area contributed by atoms with Crippen LogP contribution in [0.5, 0.6) is 5.75 Å². The lowest BCUT2D eigenvalue weighted by Gasteiger charge is -2.14. The average molecular weight is 417 g/mol. The van der Waals surface area contributed by atoms with Gasteiger partial charge in [0.2, 0.25) is 6.04 Å². The van der Waals surface area contributed by atoms with Gasteiger partial charge in [-0.1, -0.05) is 30.3 Å². The molecule has 8 nitrogen and oxygen atoms in total. The molecule has 0 bridgehead atoms. The van der Waals surface area contributed by atoms with Crippen molar-refractivity contribution in [2.75, 3.05) is 14.2 Å². The summed E-state index contributed by atoms with van der Waals surface area (Å²) >= 11 is 0. The summed E-state index contributed by atoms with van der Waals surface area (Å²) in [6, 6.07) is 11.3. The molecule has 0 unspecified atom stereocenters. The summed E-state index contributed by atoms with van der Waals surface area (Å²) in [6.07, 6.45) is 0. The zero-order chi connectivity index (χ0) is 21.7. The summed E-state index contributed by atoms with van der Waals surface area (Å²) in [5.41, 5.74) is -0.170. The van der Waals surface area contributed by atoms with Gasteiger partial charge in [-0.05, 0) is 24.3 Å². The van der Waals surface area contributed by atoms with Crippen LogP contribution in [0.4, 0.5) is 8.78 Å². The van der Waals surface area contributed by atoms with Crippen LogP contribution in [0.1, 0.15) is 33.7 Å². The van der Waals surface area contributed by atoms with Crippen LogP contribution in [-0.2, 0) is 15.5 Å². The van der Waals surface area contributed by atoms with Gasteiger partial charge < -0.3 is 19.2 Å². The number of halogens is 2. The topological polar surface area (TPSA) is 104 Å². The monoisotopic (exact) mass is 417 g/mol. The Morgan fingerprint density at radius 2 is 1.70 bits per heavy atom. The number of carbonyl (C=O) groups excluding carboxylic acids is 2. The normalized spacial score (nSPS) is 12.1. The molecule has 3 rings (SSSR count). The van der Waals surface area contributed by atoms with Crippen LogP contribution >= 0.6 is 0 Å². The van der Waals surface area contributed by atoms with Gasteiger partial charge in [-0.15, -0.1) is 10.2 Å². The second-order valence-electron chi connectivity index (χ2n) is 6.04. The molecule has 156 valence electrons. The van der Waals surface area contributed by atoms with E-state index in [0.717, 1.165) is 7.11 Å². The predicted molar refractivity (Wildman–Crippen MR) is 99.0 cm³/mol. The molecule has 1 atom stereocenters. The Balaban J connectivity index is 1.86. The zero-order valence-electron chi connectivity index (χ0n) is 16.0. The van der Waals surface area contributed by atoms with Crippen molar-refractivity contribution in [1.29, 1.82) is 0 Å². The summed E-state index contributed by atoms with van der Waals surface area (Å²) in [7, 11) is 2.55. The molecular weight excluding hydrogens is 400 g/mol. The third-order valence-electron chi connectivity index (χ3n) is 4.16. The van der Waals surface area contributed by atoms with Crippen molar-refractivity contribution >= 4 is 11.9 Å². The molecule has 2 aromatic carbocycles. The first-order valence-electron chi connectivity index (χ1n) is 8.66. The van der Waals surface area contributed by atoms with Crippen LogP contribution in [0.25, 0.3) is 0 Å². The van der Waals surface area contributed by atoms with Crippen molar-refractivity contribution in [1.82, 2.24) is 15.5 Å². The van der Waals surface area contributed by atoms with E-state index in [1.165, 1.54) is 43.5 Å². The maximum Gasteiger partial charge on any atom is 0.349 e. The SMILES string of the molecule is COC(=O)[C@@H](NC(=O)c1ccc(OC)cc1)c1nnc(C(F)(F)c2ccccc2)o1. The number of carbonyl (C=O) groups is 2. The van der Waals surface area contributed by atoms with Crippen molar-refractivity contribution < 1.29 is 32.3 Å². The molecule has 1 amide bonds. The molecule has 0 saturated carbocycles. The van der Waals surface area contributed by atoms with Crippen molar-refractivity contribution in [3.05, 3.63) is 77.5 Å². The van der Waals surface area contributed by atoms with E-state index in [9.17, 15) is 18.4 Å². The lowest BCUT2D eigenvalue weighted by atomic mass is 10.1. The van der Waals surface area contributed by atoms with E-state index in [4.69, 9.17) is 9.15 Å². The van der Waals surface area contributed by atoms with Gasteiger partial charge in [0.1, 0.15) is 5.75 Å². The number of nitrogens with zero attached hydrogens (tertiary/aromatic N) is 2. The number of methoxy groups -OCH3 is 2. The molecule has 0 spiro atoms. The van der Waals surface area contributed by atoms with E-state index in [0.29, 0.717) is 5.75 Å². The van der Waals surface area contributed by atoms with Gasteiger partial charge in [0, 0.05) is 11.1 Å². The van der Waals surface area contributed by atoms with E-state index in [1.54, 1.807) is 18.2 Å². The molecular formula is C20H17F2N3O5.